The molecule has 1 aromatic rings. The van der Waals surface area contributed by atoms with E-state index >= 15 is 0 Å². The smallest absolute Gasteiger partial charge is 0.270 e. The molecule has 3 heterocycles. The summed E-state index contributed by atoms with van der Waals surface area (Å²) in [5.41, 5.74) is 1.34. The molecule has 2 aliphatic heterocycles. The van der Waals surface area contributed by atoms with Crippen LogP contribution in [-0.2, 0) is 4.79 Å². The lowest BCUT2D eigenvalue weighted by atomic mass is 10.1. The van der Waals surface area contributed by atoms with Crippen LogP contribution in [0, 0.1) is 5.92 Å². The molecular weight excluding hydrogens is 326 g/mol. The van der Waals surface area contributed by atoms with Crippen LogP contribution in [0.3, 0.4) is 0 Å². The first kappa shape index (κ1) is 15.8. The molecule has 25 heavy (non-hydrogen) atoms. The van der Waals surface area contributed by atoms with Gasteiger partial charge in [-0.15, -0.1) is 0 Å². The molecule has 0 bridgehead atoms. The van der Waals surface area contributed by atoms with Gasteiger partial charge in [-0.25, -0.2) is 8.78 Å². The molecule has 1 aliphatic carbocycles. The number of halogens is 2. The summed E-state index contributed by atoms with van der Waals surface area (Å²) in [6.45, 7) is 0. The van der Waals surface area contributed by atoms with E-state index in [4.69, 9.17) is 0 Å². The summed E-state index contributed by atoms with van der Waals surface area (Å²) in [6.07, 6.45) is 9.82. The van der Waals surface area contributed by atoms with Gasteiger partial charge in [-0.05, 0) is 42.5 Å². The Hall–Kier alpha value is -2.70. The van der Waals surface area contributed by atoms with Crippen LogP contribution in [0.2, 0.25) is 0 Å². The fourth-order valence-electron chi connectivity index (χ4n) is 3.21. The van der Waals surface area contributed by atoms with Crippen molar-refractivity contribution in [2.45, 2.75) is 31.5 Å². The highest BCUT2D eigenvalue weighted by Crippen LogP contribution is 2.40. The second-order valence-corrected chi connectivity index (χ2v) is 6.37. The molecule has 5 nitrogen and oxygen atoms in total. The quantitative estimate of drug-likeness (QED) is 0.861. The van der Waals surface area contributed by atoms with Crippen molar-refractivity contribution in [3.05, 3.63) is 65.9 Å². The maximum atomic E-state index is 13.5. The van der Waals surface area contributed by atoms with Crippen LogP contribution in [0.4, 0.5) is 8.78 Å². The van der Waals surface area contributed by atoms with Crippen molar-refractivity contribution in [2.75, 3.05) is 0 Å². The zero-order valence-corrected chi connectivity index (χ0v) is 13.4. The number of fused-ring (bicyclic) bond motifs is 1. The summed E-state index contributed by atoms with van der Waals surface area (Å²) in [7, 11) is 0. The van der Waals surface area contributed by atoms with Crippen LogP contribution in [0.25, 0.3) is 0 Å². The first-order valence-corrected chi connectivity index (χ1v) is 8.28. The Balaban J connectivity index is 1.57. The maximum Gasteiger partial charge on any atom is 0.270 e. The molecule has 130 valence electrons. The molecule has 2 atom stereocenters. The zero-order chi connectivity index (χ0) is 17.4. The summed E-state index contributed by atoms with van der Waals surface area (Å²) in [6, 6.07) is 1.71. The molecule has 4 rings (SSSR count). The number of hydrogen-bond donors (Lipinski definition) is 2. The molecule has 3 aliphatic rings. The van der Waals surface area contributed by atoms with Crippen molar-refractivity contribution in [3.8, 4) is 0 Å². The van der Waals surface area contributed by atoms with Gasteiger partial charge >= 0.3 is 0 Å². The van der Waals surface area contributed by atoms with Gasteiger partial charge in [-0.1, -0.05) is 12.1 Å². The number of rotatable bonds is 5. The van der Waals surface area contributed by atoms with Crippen molar-refractivity contribution >= 4 is 5.91 Å². The van der Waals surface area contributed by atoms with Crippen molar-refractivity contribution in [2.24, 2.45) is 5.92 Å². The molecule has 1 fully saturated rings. The van der Waals surface area contributed by atoms with Gasteiger partial charge in [0.05, 0.1) is 5.70 Å². The number of carbonyl (C=O) groups excluding carboxylic acids is 1. The first-order chi connectivity index (χ1) is 12.1. The summed E-state index contributed by atoms with van der Waals surface area (Å²) < 4.78 is 26.9. The highest BCUT2D eigenvalue weighted by atomic mass is 19.3. The van der Waals surface area contributed by atoms with E-state index in [1.807, 2.05) is 29.3 Å². The monoisotopic (exact) mass is 344 g/mol. The summed E-state index contributed by atoms with van der Waals surface area (Å²) in [5, 5.41) is 5.67. The zero-order valence-electron chi connectivity index (χ0n) is 13.4. The van der Waals surface area contributed by atoms with Gasteiger partial charge in [0.15, 0.2) is 0 Å². The number of alkyl halides is 2. The second kappa shape index (κ2) is 6.31. The SMILES string of the molecule is O=C(NC(c1cccnc1)C(F)F)C1=C2C=CC=CN2C(C2CC2)N1. The van der Waals surface area contributed by atoms with E-state index in [0.29, 0.717) is 11.6 Å². The lowest BCUT2D eigenvalue weighted by molar-refractivity contribution is -0.119. The molecule has 2 N–H and O–H groups in total. The maximum absolute atomic E-state index is 13.5. The largest absolute Gasteiger partial charge is 0.358 e. The lowest BCUT2D eigenvalue weighted by Crippen LogP contribution is -2.40. The van der Waals surface area contributed by atoms with E-state index in [1.54, 1.807) is 6.07 Å². The van der Waals surface area contributed by atoms with E-state index in [9.17, 15) is 13.6 Å². The molecule has 0 spiro atoms. The number of allylic oxidation sites excluding steroid dienone is 3. The van der Waals surface area contributed by atoms with Gasteiger partial charge in [-0.2, -0.15) is 0 Å². The van der Waals surface area contributed by atoms with E-state index in [1.165, 1.54) is 18.5 Å². The molecule has 0 radical (unpaired) electrons. The topological polar surface area (TPSA) is 57.3 Å². The Morgan fingerprint density at radius 2 is 2.20 bits per heavy atom. The van der Waals surface area contributed by atoms with Crippen molar-refractivity contribution in [1.82, 2.24) is 20.5 Å². The van der Waals surface area contributed by atoms with E-state index < -0.39 is 18.4 Å². The van der Waals surface area contributed by atoms with Gasteiger partial charge in [0.2, 0.25) is 0 Å². The van der Waals surface area contributed by atoms with Crippen LogP contribution < -0.4 is 10.6 Å². The Morgan fingerprint density at radius 3 is 2.88 bits per heavy atom. The van der Waals surface area contributed by atoms with Crippen LogP contribution in [0.1, 0.15) is 24.4 Å². The molecule has 1 amide bonds. The van der Waals surface area contributed by atoms with E-state index in [0.717, 1.165) is 18.5 Å². The van der Waals surface area contributed by atoms with Crippen LogP contribution in [0.5, 0.6) is 0 Å². The van der Waals surface area contributed by atoms with Gasteiger partial charge in [0, 0.05) is 18.6 Å². The number of aromatic nitrogens is 1. The molecule has 2 unspecified atom stereocenters. The Labute approximate surface area is 144 Å². The molecular formula is C18H18F2N4O. The van der Waals surface area contributed by atoms with Crippen LogP contribution in [0.15, 0.2) is 60.3 Å². The molecule has 0 aromatic carbocycles. The summed E-state index contributed by atoms with van der Waals surface area (Å²) >= 11 is 0. The predicted octanol–water partition coefficient (Wildman–Crippen LogP) is 2.44. The minimum Gasteiger partial charge on any atom is -0.358 e. The van der Waals surface area contributed by atoms with E-state index in [-0.39, 0.29) is 11.7 Å². The Morgan fingerprint density at radius 1 is 1.36 bits per heavy atom. The predicted molar refractivity (Wildman–Crippen MR) is 87.9 cm³/mol. The summed E-state index contributed by atoms with van der Waals surface area (Å²) in [5.74, 6) is -0.0575. The Kier molecular flexibility index (Phi) is 3.99. The van der Waals surface area contributed by atoms with Gasteiger partial charge < -0.3 is 15.5 Å². The standard InChI is InChI=1S/C18H18F2N4O/c19-16(20)14(12-4-3-8-21-10-12)23-18(25)15-13-5-1-2-9-24(13)17(22-15)11-6-7-11/h1-5,8-11,14,16-17,22H,6-7H2,(H,23,25). The summed E-state index contributed by atoms with van der Waals surface area (Å²) in [4.78, 5) is 18.6. The van der Waals surface area contributed by atoms with Crippen molar-refractivity contribution in [3.63, 3.8) is 0 Å². The third-order valence-electron chi connectivity index (χ3n) is 4.62. The molecule has 0 saturated heterocycles. The molecule has 1 saturated carbocycles. The highest BCUT2D eigenvalue weighted by molar-refractivity contribution is 5.95. The fraction of sp³-hybridized carbons (Fsp3) is 0.333. The molecule has 7 heteroatoms. The van der Waals surface area contributed by atoms with Gasteiger partial charge in [0.25, 0.3) is 12.3 Å². The highest BCUT2D eigenvalue weighted by Gasteiger charge is 2.42. The Bertz CT molecular complexity index is 756. The lowest BCUT2D eigenvalue weighted by Gasteiger charge is -2.25. The van der Waals surface area contributed by atoms with E-state index in [2.05, 4.69) is 15.6 Å². The third kappa shape index (κ3) is 3.01. The number of nitrogens with one attached hydrogen (secondary N) is 2. The average Bonchev–Trinajstić information content (AvgIpc) is 3.40. The van der Waals surface area contributed by atoms with Gasteiger partial charge in [-0.3, -0.25) is 9.78 Å². The minimum atomic E-state index is -2.72. The van der Waals surface area contributed by atoms with Gasteiger partial charge in [0.1, 0.15) is 17.9 Å². The van der Waals surface area contributed by atoms with Crippen molar-refractivity contribution in [1.29, 1.82) is 0 Å². The average molecular weight is 344 g/mol. The van der Waals surface area contributed by atoms with Crippen molar-refractivity contribution < 1.29 is 13.6 Å². The number of nitrogens with zero attached hydrogens (tertiary/aromatic N) is 2. The van der Waals surface area contributed by atoms with Crippen LogP contribution in [-0.4, -0.2) is 28.4 Å². The second-order valence-electron chi connectivity index (χ2n) is 6.37. The minimum absolute atomic E-state index is 0.0142. The number of amides is 1. The third-order valence-corrected chi connectivity index (χ3v) is 4.62. The van der Waals surface area contributed by atoms with Crippen LogP contribution >= 0.6 is 0 Å². The normalized spacial score (nSPS) is 22.8. The first-order valence-electron chi connectivity index (χ1n) is 8.28. The molecule has 1 aromatic heterocycles. The number of pyridine rings is 1. The number of hydrogen-bond acceptors (Lipinski definition) is 4. The fourth-order valence-corrected chi connectivity index (χ4v) is 3.21. The number of carbonyl (C=O) groups is 1.